The third-order valence-electron chi connectivity index (χ3n) is 4.24. The van der Waals surface area contributed by atoms with E-state index in [0.717, 1.165) is 24.3 Å². The fourth-order valence-corrected chi connectivity index (χ4v) is 4.06. The Morgan fingerprint density at radius 2 is 2.30 bits per heavy atom. The predicted molar refractivity (Wildman–Crippen MR) is 112 cm³/mol. The summed E-state index contributed by atoms with van der Waals surface area (Å²) in [7, 11) is 0. The van der Waals surface area contributed by atoms with E-state index in [4.69, 9.17) is 27.9 Å². The van der Waals surface area contributed by atoms with Crippen LogP contribution >= 0.6 is 34.5 Å². The molecule has 2 aromatic rings. The maximum absolute atomic E-state index is 12.9. The summed E-state index contributed by atoms with van der Waals surface area (Å²) in [6.07, 6.45) is 1.85. The molecule has 3 rings (SSSR count). The molecule has 1 atom stereocenters. The highest BCUT2D eigenvalue weighted by atomic mass is 35.5. The first-order chi connectivity index (χ1) is 13.0. The molecule has 0 unspecified atom stereocenters. The number of hydrogen-bond donors (Lipinski definition) is 0. The van der Waals surface area contributed by atoms with Crippen molar-refractivity contribution < 1.29 is 9.53 Å². The molecule has 8 heteroatoms. The SMILES string of the molecule is C=CCN(C(=O)CN1CCO[C@H](C)C1)c1nc(-c2ccc(Cl)c(Cl)c2)cs1. The molecule has 1 aromatic carbocycles. The summed E-state index contributed by atoms with van der Waals surface area (Å²) in [4.78, 5) is 21.3. The molecule has 2 heterocycles. The lowest BCUT2D eigenvalue weighted by molar-refractivity contribution is -0.121. The average molecular weight is 426 g/mol. The molecule has 0 bridgehead atoms. The standard InChI is InChI=1S/C19H21Cl2N3O2S/c1-3-6-24(18(25)11-23-7-8-26-13(2)10-23)19-22-17(12-27-19)14-4-5-15(20)16(21)9-14/h3-5,9,12-13H,1,6-8,10-11H2,2H3/t13-/m1/s1. The van der Waals surface area contributed by atoms with Gasteiger partial charge in [-0.2, -0.15) is 0 Å². The van der Waals surface area contributed by atoms with Crippen LogP contribution in [0.5, 0.6) is 0 Å². The number of thiazole rings is 1. The van der Waals surface area contributed by atoms with Gasteiger partial charge in [0.05, 0.1) is 35.0 Å². The van der Waals surface area contributed by atoms with Crippen molar-refractivity contribution in [3.63, 3.8) is 0 Å². The van der Waals surface area contributed by atoms with Gasteiger partial charge in [-0.15, -0.1) is 17.9 Å². The molecule has 144 valence electrons. The van der Waals surface area contributed by atoms with Crippen molar-refractivity contribution >= 4 is 45.6 Å². The van der Waals surface area contributed by atoms with Crippen LogP contribution in [-0.2, 0) is 9.53 Å². The topological polar surface area (TPSA) is 45.7 Å². The van der Waals surface area contributed by atoms with Crippen molar-refractivity contribution in [2.45, 2.75) is 13.0 Å². The Morgan fingerprint density at radius 1 is 1.48 bits per heavy atom. The van der Waals surface area contributed by atoms with Crippen LogP contribution in [0.15, 0.2) is 36.2 Å². The molecule has 0 N–H and O–H groups in total. The normalized spacial score (nSPS) is 17.7. The van der Waals surface area contributed by atoms with E-state index in [-0.39, 0.29) is 12.0 Å². The van der Waals surface area contributed by atoms with Crippen molar-refractivity contribution in [1.29, 1.82) is 0 Å². The van der Waals surface area contributed by atoms with Crippen molar-refractivity contribution in [2.24, 2.45) is 0 Å². The minimum atomic E-state index is -0.000890. The summed E-state index contributed by atoms with van der Waals surface area (Å²) in [6.45, 7) is 8.69. The Morgan fingerprint density at radius 3 is 3.00 bits per heavy atom. The molecule has 0 aliphatic carbocycles. The van der Waals surface area contributed by atoms with Gasteiger partial charge in [0.25, 0.3) is 0 Å². The highest BCUT2D eigenvalue weighted by Crippen LogP contribution is 2.31. The van der Waals surface area contributed by atoms with Crippen LogP contribution in [0.3, 0.4) is 0 Å². The van der Waals surface area contributed by atoms with E-state index < -0.39 is 0 Å². The van der Waals surface area contributed by atoms with Gasteiger partial charge in [-0.1, -0.05) is 35.3 Å². The zero-order valence-electron chi connectivity index (χ0n) is 15.0. The van der Waals surface area contributed by atoms with Gasteiger partial charge in [-0.3, -0.25) is 14.6 Å². The number of aromatic nitrogens is 1. The second kappa shape index (κ2) is 9.17. The summed E-state index contributed by atoms with van der Waals surface area (Å²) >= 11 is 13.5. The van der Waals surface area contributed by atoms with Crippen LogP contribution in [-0.4, -0.2) is 54.7 Å². The minimum absolute atomic E-state index is 0.000890. The molecular formula is C19H21Cl2N3O2S. The Bertz CT molecular complexity index is 827. The molecule has 1 aliphatic heterocycles. The van der Waals surface area contributed by atoms with Gasteiger partial charge in [0.15, 0.2) is 5.13 Å². The number of carbonyl (C=O) groups excluding carboxylic acids is 1. The first kappa shape index (κ1) is 20.3. The predicted octanol–water partition coefficient (Wildman–Crippen LogP) is 4.36. The van der Waals surface area contributed by atoms with Crippen LogP contribution in [0.1, 0.15) is 6.92 Å². The largest absolute Gasteiger partial charge is 0.376 e. The van der Waals surface area contributed by atoms with Gasteiger partial charge in [-0.25, -0.2) is 4.98 Å². The van der Waals surface area contributed by atoms with Crippen molar-refractivity contribution in [3.8, 4) is 11.3 Å². The van der Waals surface area contributed by atoms with Crippen LogP contribution in [0.25, 0.3) is 11.3 Å². The lowest BCUT2D eigenvalue weighted by Crippen LogP contribution is -2.47. The van der Waals surface area contributed by atoms with Crippen LogP contribution in [0, 0.1) is 0 Å². The Labute approximate surface area is 173 Å². The molecule has 0 saturated carbocycles. The van der Waals surface area contributed by atoms with Gasteiger partial charge in [-0.05, 0) is 19.1 Å². The lowest BCUT2D eigenvalue weighted by Gasteiger charge is -2.31. The summed E-state index contributed by atoms with van der Waals surface area (Å²) in [5, 5.41) is 3.53. The number of nitrogens with zero attached hydrogens (tertiary/aromatic N) is 3. The van der Waals surface area contributed by atoms with Gasteiger partial charge in [0, 0.05) is 30.6 Å². The van der Waals surface area contributed by atoms with E-state index in [2.05, 4.69) is 16.5 Å². The van der Waals surface area contributed by atoms with Crippen LogP contribution in [0.2, 0.25) is 10.0 Å². The van der Waals surface area contributed by atoms with Gasteiger partial charge in [0.1, 0.15) is 0 Å². The number of amides is 1. The maximum Gasteiger partial charge on any atom is 0.243 e. The molecule has 0 spiro atoms. The summed E-state index contributed by atoms with van der Waals surface area (Å²) in [5.74, 6) is -0.000890. The molecule has 27 heavy (non-hydrogen) atoms. The van der Waals surface area contributed by atoms with Crippen molar-refractivity contribution in [1.82, 2.24) is 9.88 Å². The molecule has 1 saturated heterocycles. The summed E-state index contributed by atoms with van der Waals surface area (Å²) in [6, 6.07) is 5.38. The molecule has 1 fully saturated rings. The fourth-order valence-electron chi connectivity index (χ4n) is 2.90. The van der Waals surface area contributed by atoms with Gasteiger partial charge < -0.3 is 4.74 Å². The third kappa shape index (κ3) is 5.09. The zero-order chi connectivity index (χ0) is 19.4. The molecule has 5 nitrogen and oxygen atoms in total. The van der Waals surface area contributed by atoms with E-state index in [1.807, 2.05) is 18.4 Å². The highest BCUT2D eigenvalue weighted by Gasteiger charge is 2.24. The second-order valence-corrected chi connectivity index (χ2v) is 8.00. The van der Waals surface area contributed by atoms with E-state index >= 15 is 0 Å². The molecular weight excluding hydrogens is 405 g/mol. The number of rotatable bonds is 6. The Hall–Kier alpha value is -1.44. The van der Waals surface area contributed by atoms with E-state index in [1.54, 1.807) is 23.1 Å². The van der Waals surface area contributed by atoms with Gasteiger partial charge >= 0.3 is 0 Å². The number of ether oxygens (including phenoxy) is 1. The van der Waals surface area contributed by atoms with Crippen LogP contribution in [0.4, 0.5) is 5.13 Å². The second-order valence-electron chi connectivity index (χ2n) is 6.35. The Kier molecular flexibility index (Phi) is 6.89. The number of anilines is 1. The average Bonchev–Trinajstić information content (AvgIpc) is 3.11. The zero-order valence-corrected chi connectivity index (χ0v) is 17.4. The first-order valence-corrected chi connectivity index (χ1v) is 10.3. The van der Waals surface area contributed by atoms with Crippen molar-refractivity contribution in [2.75, 3.05) is 37.7 Å². The summed E-state index contributed by atoms with van der Waals surface area (Å²) < 4.78 is 5.54. The number of benzene rings is 1. The van der Waals surface area contributed by atoms with E-state index in [0.29, 0.717) is 34.9 Å². The number of hydrogen-bond acceptors (Lipinski definition) is 5. The van der Waals surface area contributed by atoms with Crippen molar-refractivity contribution in [3.05, 3.63) is 46.3 Å². The van der Waals surface area contributed by atoms with Crippen LogP contribution < -0.4 is 4.90 Å². The molecule has 1 amide bonds. The summed E-state index contributed by atoms with van der Waals surface area (Å²) in [5.41, 5.74) is 1.62. The van der Waals surface area contributed by atoms with E-state index in [1.165, 1.54) is 11.3 Å². The smallest absolute Gasteiger partial charge is 0.243 e. The lowest BCUT2D eigenvalue weighted by atomic mass is 10.2. The number of halogens is 2. The highest BCUT2D eigenvalue weighted by molar-refractivity contribution is 7.14. The number of morpholine rings is 1. The quantitative estimate of drug-likeness (QED) is 0.645. The fraction of sp³-hybridized carbons (Fsp3) is 0.368. The maximum atomic E-state index is 12.9. The van der Waals surface area contributed by atoms with Gasteiger partial charge in [0.2, 0.25) is 5.91 Å². The Balaban J connectivity index is 1.76. The first-order valence-electron chi connectivity index (χ1n) is 8.64. The molecule has 1 aromatic heterocycles. The monoisotopic (exact) mass is 425 g/mol. The molecule has 1 aliphatic rings. The molecule has 0 radical (unpaired) electrons. The van der Waals surface area contributed by atoms with E-state index in [9.17, 15) is 4.79 Å². The minimum Gasteiger partial charge on any atom is -0.376 e. The number of carbonyl (C=O) groups is 1. The third-order valence-corrected chi connectivity index (χ3v) is 5.84.